The third-order valence-electron chi connectivity index (χ3n) is 6.15. The number of benzene rings is 3. The molecular weight excluding hydrogens is 450 g/mol. The van der Waals surface area contributed by atoms with Crippen molar-refractivity contribution in [1.82, 2.24) is 9.78 Å². The average molecular weight is 480 g/mol. The van der Waals surface area contributed by atoms with Gasteiger partial charge in [0.25, 0.3) is 0 Å². The zero-order chi connectivity index (χ0) is 25.8. The van der Waals surface area contributed by atoms with Gasteiger partial charge in [-0.25, -0.2) is 4.68 Å². The van der Waals surface area contributed by atoms with Gasteiger partial charge in [-0.1, -0.05) is 56.3 Å². The molecule has 7 nitrogen and oxygen atoms in total. The van der Waals surface area contributed by atoms with Gasteiger partial charge in [0.05, 0.1) is 30.0 Å². The monoisotopic (exact) mass is 479 g/mol. The minimum Gasteiger partial charge on any atom is -0.506 e. The van der Waals surface area contributed by atoms with E-state index in [9.17, 15) is 10.2 Å². The zero-order valence-electron chi connectivity index (χ0n) is 20.6. The fraction of sp³-hybridized carbons (Fsp3) is 0.207. The number of rotatable bonds is 7. The lowest BCUT2D eigenvalue weighted by molar-refractivity contribution is 0.187. The summed E-state index contributed by atoms with van der Waals surface area (Å²) in [4.78, 5) is 4.50. The number of aliphatic imine (C=N–C) groups is 1. The molecule has 0 unspecified atom stereocenters. The normalized spacial score (nSPS) is 12.2. The summed E-state index contributed by atoms with van der Waals surface area (Å²) in [6, 6.07) is 21.8. The molecule has 1 heterocycles. The van der Waals surface area contributed by atoms with Crippen molar-refractivity contribution in [2.24, 2.45) is 4.99 Å². The van der Waals surface area contributed by atoms with Gasteiger partial charge in [0.15, 0.2) is 0 Å². The number of nitriles is 1. The molecule has 0 spiro atoms. The molecule has 36 heavy (non-hydrogen) atoms. The van der Waals surface area contributed by atoms with Crippen LogP contribution in [0.1, 0.15) is 53.8 Å². The zero-order valence-corrected chi connectivity index (χ0v) is 20.6. The van der Waals surface area contributed by atoms with Crippen molar-refractivity contribution in [3.63, 3.8) is 0 Å². The predicted octanol–water partition coefficient (Wildman–Crippen LogP) is 5.28. The molecule has 0 bridgehead atoms. The molecule has 4 aromatic rings. The van der Waals surface area contributed by atoms with Crippen LogP contribution in [0.3, 0.4) is 0 Å². The second-order valence-electron chi connectivity index (χ2n) is 8.96. The SMILES string of the molecule is Cc1c(C(C)C)c(-c2cccc(N)c2C=NC[C@H](O)c2ccccc2)nn1-c1ccc(C#N)cc1O. The predicted molar refractivity (Wildman–Crippen MR) is 142 cm³/mol. The molecule has 0 saturated heterocycles. The van der Waals surface area contributed by atoms with Crippen LogP contribution in [0.15, 0.2) is 71.7 Å². The molecule has 1 aromatic heterocycles. The summed E-state index contributed by atoms with van der Waals surface area (Å²) < 4.78 is 1.70. The van der Waals surface area contributed by atoms with E-state index in [1.165, 1.54) is 6.07 Å². The Morgan fingerprint density at radius 1 is 1.11 bits per heavy atom. The first kappa shape index (κ1) is 24.7. The maximum absolute atomic E-state index is 10.6. The molecular formula is C29H29N5O2. The highest BCUT2D eigenvalue weighted by molar-refractivity contribution is 5.96. The molecule has 0 aliphatic heterocycles. The van der Waals surface area contributed by atoms with Gasteiger partial charge in [0, 0.05) is 34.3 Å². The number of nitrogens with zero attached hydrogens (tertiary/aromatic N) is 4. The molecule has 0 amide bonds. The van der Waals surface area contributed by atoms with Crippen molar-refractivity contribution in [3.8, 4) is 28.8 Å². The number of anilines is 1. The van der Waals surface area contributed by atoms with E-state index in [1.807, 2.05) is 61.5 Å². The number of aliphatic hydroxyl groups is 1. The molecule has 0 fully saturated rings. The summed E-state index contributed by atoms with van der Waals surface area (Å²) in [5.41, 5.74) is 12.7. The highest BCUT2D eigenvalue weighted by Gasteiger charge is 2.23. The van der Waals surface area contributed by atoms with Crippen LogP contribution >= 0.6 is 0 Å². The van der Waals surface area contributed by atoms with Crippen LogP contribution in [0.2, 0.25) is 0 Å². The van der Waals surface area contributed by atoms with Crippen LogP contribution < -0.4 is 5.73 Å². The molecule has 0 radical (unpaired) electrons. The summed E-state index contributed by atoms with van der Waals surface area (Å²) >= 11 is 0. The Balaban J connectivity index is 1.77. The van der Waals surface area contributed by atoms with E-state index in [0.29, 0.717) is 22.5 Å². The van der Waals surface area contributed by atoms with Gasteiger partial charge in [-0.05, 0) is 42.7 Å². The standard InChI is InChI=1S/C29H29N5O2/c1-18(2)28-19(3)34(25-13-12-20(15-30)14-26(25)35)33-29(28)22-10-7-11-24(31)23(22)16-32-17-27(36)21-8-5-4-6-9-21/h4-14,16,18,27,35-36H,17,31H2,1-3H3/t27-/m0/s1. The number of aliphatic hydroxyl groups excluding tert-OH is 1. The molecule has 7 heteroatoms. The summed E-state index contributed by atoms with van der Waals surface area (Å²) in [6.07, 6.45) is 0.969. The Morgan fingerprint density at radius 3 is 2.53 bits per heavy atom. The summed E-state index contributed by atoms with van der Waals surface area (Å²) in [5.74, 6) is 0.117. The van der Waals surface area contributed by atoms with Gasteiger partial charge in [0.2, 0.25) is 0 Å². The number of nitrogen functional groups attached to an aromatic ring is 1. The van der Waals surface area contributed by atoms with Gasteiger partial charge in [-0.15, -0.1) is 0 Å². The van der Waals surface area contributed by atoms with Gasteiger partial charge < -0.3 is 15.9 Å². The third-order valence-corrected chi connectivity index (χ3v) is 6.15. The van der Waals surface area contributed by atoms with E-state index in [4.69, 9.17) is 16.1 Å². The quantitative estimate of drug-likeness (QED) is 0.246. The van der Waals surface area contributed by atoms with Crippen LogP contribution in [0, 0.1) is 18.3 Å². The lowest BCUT2D eigenvalue weighted by Crippen LogP contribution is -2.03. The minimum absolute atomic E-state index is 0.0224. The Kier molecular flexibility index (Phi) is 7.18. The number of aromatic nitrogens is 2. The molecule has 182 valence electrons. The third kappa shape index (κ3) is 4.85. The van der Waals surface area contributed by atoms with Crippen LogP contribution in [0.5, 0.6) is 5.75 Å². The highest BCUT2D eigenvalue weighted by Crippen LogP contribution is 2.36. The van der Waals surface area contributed by atoms with Gasteiger partial charge >= 0.3 is 0 Å². The van der Waals surface area contributed by atoms with Crippen LogP contribution in [0.4, 0.5) is 5.69 Å². The highest BCUT2D eigenvalue weighted by atomic mass is 16.3. The number of phenolic OH excluding ortho intramolecular Hbond substituents is 1. The molecule has 0 aliphatic carbocycles. The van der Waals surface area contributed by atoms with Gasteiger partial charge in [0.1, 0.15) is 11.4 Å². The van der Waals surface area contributed by atoms with E-state index in [0.717, 1.165) is 28.1 Å². The van der Waals surface area contributed by atoms with Crippen molar-refractivity contribution in [2.45, 2.75) is 32.8 Å². The number of nitrogens with two attached hydrogens (primary N) is 1. The second-order valence-corrected chi connectivity index (χ2v) is 8.96. The van der Waals surface area contributed by atoms with Crippen molar-refractivity contribution >= 4 is 11.9 Å². The summed E-state index contributed by atoms with van der Waals surface area (Å²) in [7, 11) is 0. The largest absolute Gasteiger partial charge is 0.506 e. The van der Waals surface area contributed by atoms with Crippen molar-refractivity contribution in [2.75, 3.05) is 12.3 Å². The molecule has 0 saturated carbocycles. The van der Waals surface area contributed by atoms with Gasteiger partial charge in [-0.3, -0.25) is 4.99 Å². The Hall–Kier alpha value is -4.41. The van der Waals surface area contributed by atoms with Crippen LogP contribution in [-0.4, -0.2) is 32.8 Å². The number of aromatic hydroxyl groups is 1. The average Bonchev–Trinajstić information content (AvgIpc) is 3.22. The van der Waals surface area contributed by atoms with E-state index < -0.39 is 6.10 Å². The van der Waals surface area contributed by atoms with Crippen molar-refractivity contribution < 1.29 is 10.2 Å². The Labute approximate surface area is 210 Å². The molecule has 0 aliphatic rings. The maximum Gasteiger partial charge on any atom is 0.142 e. The smallest absolute Gasteiger partial charge is 0.142 e. The Morgan fingerprint density at radius 2 is 1.86 bits per heavy atom. The maximum atomic E-state index is 10.6. The second kappa shape index (κ2) is 10.5. The van der Waals surface area contributed by atoms with Crippen LogP contribution in [-0.2, 0) is 0 Å². The van der Waals surface area contributed by atoms with Crippen LogP contribution in [0.25, 0.3) is 16.9 Å². The molecule has 1 atom stereocenters. The summed E-state index contributed by atoms with van der Waals surface area (Å²) in [5, 5.41) is 35.1. The number of phenols is 1. The minimum atomic E-state index is -0.720. The molecule has 4 N–H and O–H groups in total. The lowest BCUT2D eigenvalue weighted by atomic mass is 9.94. The first-order chi connectivity index (χ1) is 17.3. The van der Waals surface area contributed by atoms with E-state index in [2.05, 4.69) is 18.8 Å². The topological polar surface area (TPSA) is 120 Å². The number of hydrogen-bond donors (Lipinski definition) is 3. The van der Waals surface area contributed by atoms with Crippen molar-refractivity contribution in [3.05, 3.63) is 94.7 Å². The fourth-order valence-electron chi connectivity index (χ4n) is 4.37. The first-order valence-corrected chi connectivity index (χ1v) is 11.8. The van der Waals surface area contributed by atoms with Gasteiger partial charge in [-0.2, -0.15) is 10.4 Å². The lowest BCUT2D eigenvalue weighted by Gasteiger charge is -2.12. The first-order valence-electron chi connectivity index (χ1n) is 11.8. The van der Waals surface area contributed by atoms with Crippen molar-refractivity contribution in [1.29, 1.82) is 5.26 Å². The molecule has 4 rings (SSSR count). The van der Waals surface area contributed by atoms with E-state index >= 15 is 0 Å². The van der Waals surface area contributed by atoms with E-state index in [-0.39, 0.29) is 18.2 Å². The van der Waals surface area contributed by atoms with E-state index in [1.54, 1.807) is 23.0 Å². The Bertz CT molecular complexity index is 1450. The number of hydrogen-bond acceptors (Lipinski definition) is 6. The summed E-state index contributed by atoms with van der Waals surface area (Å²) in [6.45, 7) is 6.33. The molecule has 3 aromatic carbocycles. The fourth-order valence-corrected chi connectivity index (χ4v) is 4.37.